The monoisotopic (exact) mass is 247 g/mol. The summed E-state index contributed by atoms with van der Waals surface area (Å²) in [4.78, 5) is 11.0. The molecule has 1 aliphatic rings. The van der Waals surface area contributed by atoms with Crippen LogP contribution in [-0.4, -0.2) is 17.6 Å². The second-order valence-electron chi connectivity index (χ2n) is 5.03. The summed E-state index contributed by atoms with van der Waals surface area (Å²) < 4.78 is 0. The Morgan fingerprint density at radius 2 is 2.33 bits per heavy atom. The molecule has 2 rings (SSSR count). The highest BCUT2D eigenvalue weighted by molar-refractivity contribution is 5.68. The Labute approximate surface area is 108 Å². The van der Waals surface area contributed by atoms with E-state index >= 15 is 0 Å². The third kappa shape index (κ3) is 3.03. The molecule has 1 aromatic carbocycles. The number of carboxylic acids is 1. The van der Waals surface area contributed by atoms with Crippen molar-refractivity contribution in [1.82, 2.24) is 0 Å². The molecule has 0 saturated heterocycles. The lowest BCUT2D eigenvalue weighted by Crippen LogP contribution is -2.07. The minimum Gasteiger partial charge on any atom is -0.481 e. The number of benzene rings is 1. The molecule has 0 fully saturated rings. The molecule has 0 aromatic heterocycles. The molecule has 0 aliphatic carbocycles. The molecule has 3 heteroatoms. The van der Waals surface area contributed by atoms with Gasteiger partial charge in [-0.15, -0.1) is 0 Å². The fourth-order valence-corrected chi connectivity index (χ4v) is 2.63. The normalized spacial score (nSPS) is 14.9. The van der Waals surface area contributed by atoms with Gasteiger partial charge >= 0.3 is 5.97 Å². The molecule has 3 nitrogen and oxygen atoms in total. The van der Waals surface area contributed by atoms with E-state index in [9.17, 15) is 4.79 Å². The third-order valence-electron chi connectivity index (χ3n) is 3.64. The van der Waals surface area contributed by atoms with E-state index in [0.29, 0.717) is 0 Å². The first-order valence-electron chi connectivity index (χ1n) is 6.79. The average Bonchev–Trinajstić information content (AvgIpc) is 2.81. The van der Waals surface area contributed by atoms with Crippen LogP contribution < -0.4 is 5.32 Å². The zero-order valence-corrected chi connectivity index (χ0v) is 10.9. The summed E-state index contributed by atoms with van der Waals surface area (Å²) in [5.41, 5.74) is 3.73. The van der Waals surface area contributed by atoms with E-state index in [0.717, 1.165) is 32.2 Å². The number of aliphatic carboxylic acids is 1. The first kappa shape index (κ1) is 12.9. The summed E-state index contributed by atoms with van der Waals surface area (Å²) in [6, 6.07) is 6.37. The van der Waals surface area contributed by atoms with Gasteiger partial charge in [0, 0.05) is 12.2 Å². The summed E-state index contributed by atoms with van der Waals surface area (Å²) >= 11 is 0. The summed E-state index contributed by atoms with van der Waals surface area (Å²) in [5, 5.41) is 12.4. The molecule has 1 aliphatic heterocycles. The maximum absolute atomic E-state index is 11.0. The van der Waals surface area contributed by atoms with Crippen molar-refractivity contribution in [2.75, 3.05) is 11.9 Å². The molecule has 0 radical (unpaired) electrons. The van der Waals surface area contributed by atoms with E-state index < -0.39 is 5.97 Å². The second-order valence-corrected chi connectivity index (χ2v) is 5.03. The number of anilines is 1. The molecule has 0 unspecified atom stereocenters. The van der Waals surface area contributed by atoms with E-state index in [2.05, 4.69) is 30.4 Å². The van der Waals surface area contributed by atoms with Crippen molar-refractivity contribution in [3.05, 3.63) is 29.3 Å². The minimum absolute atomic E-state index is 0.161. The molecular weight excluding hydrogens is 226 g/mol. The number of fused-ring (bicyclic) bond motifs is 1. The molecule has 2 N–H and O–H groups in total. The van der Waals surface area contributed by atoms with Gasteiger partial charge < -0.3 is 10.4 Å². The molecule has 1 heterocycles. The zero-order valence-electron chi connectivity index (χ0n) is 10.9. The van der Waals surface area contributed by atoms with Crippen molar-refractivity contribution in [3.63, 3.8) is 0 Å². The van der Waals surface area contributed by atoms with Gasteiger partial charge in [-0.1, -0.05) is 31.9 Å². The Hall–Kier alpha value is -1.51. The lowest BCUT2D eigenvalue weighted by Gasteiger charge is -2.16. The summed E-state index contributed by atoms with van der Waals surface area (Å²) in [7, 11) is 0. The highest BCUT2D eigenvalue weighted by Gasteiger charge is 2.18. The Bertz CT molecular complexity index is 429. The molecule has 0 spiro atoms. The van der Waals surface area contributed by atoms with E-state index in [1.165, 1.54) is 16.8 Å². The van der Waals surface area contributed by atoms with Crippen LogP contribution in [0.5, 0.6) is 0 Å². The molecule has 0 amide bonds. The van der Waals surface area contributed by atoms with Gasteiger partial charge in [0.05, 0.1) is 6.42 Å². The van der Waals surface area contributed by atoms with Crippen LogP contribution in [0.3, 0.4) is 0 Å². The first-order valence-corrected chi connectivity index (χ1v) is 6.79. The molecule has 0 bridgehead atoms. The SMILES string of the molecule is CCCC[C@H](CC(=O)O)c1ccc2c(c1)CCN2. The zero-order chi connectivity index (χ0) is 13.0. The molecule has 1 atom stereocenters. The van der Waals surface area contributed by atoms with Crippen molar-refractivity contribution in [2.24, 2.45) is 0 Å². The second kappa shape index (κ2) is 5.89. The van der Waals surface area contributed by atoms with Crippen LogP contribution in [0.2, 0.25) is 0 Å². The lowest BCUT2D eigenvalue weighted by atomic mass is 9.89. The molecule has 0 saturated carbocycles. The van der Waals surface area contributed by atoms with Crippen LogP contribution in [0.15, 0.2) is 18.2 Å². The molecule has 98 valence electrons. The first-order chi connectivity index (χ1) is 8.70. The van der Waals surface area contributed by atoms with Crippen molar-refractivity contribution in [1.29, 1.82) is 0 Å². The van der Waals surface area contributed by atoms with Gasteiger partial charge in [-0.25, -0.2) is 0 Å². The van der Waals surface area contributed by atoms with Crippen LogP contribution in [0.25, 0.3) is 0 Å². The Morgan fingerprint density at radius 1 is 1.50 bits per heavy atom. The largest absolute Gasteiger partial charge is 0.481 e. The minimum atomic E-state index is -0.699. The number of hydrogen-bond acceptors (Lipinski definition) is 2. The lowest BCUT2D eigenvalue weighted by molar-refractivity contribution is -0.137. The maximum atomic E-state index is 11.0. The fourth-order valence-electron chi connectivity index (χ4n) is 2.63. The standard InChI is InChI=1S/C15H21NO2/c1-2-3-4-11(10-15(17)18)12-5-6-14-13(9-12)7-8-16-14/h5-6,9,11,16H,2-4,7-8,10H2,1H3,(H,17,18)/t11-/m1/s1. The number of hydrogen-bond donors (Lipinski definition) is 2. The van der Waals surface area contributed by atoms with Crippen LogP contribution in [0, 0.1) is 0 Å². The average molecular weight is 247 g/mol. The van der Waals surface area contributed by atoms with Crippen LogP contribution in [-0.2, 0) is 11.2 Å². The van der Waals surface area contributed by atoms with Crippen LogP contribution in [0.1, 0.15) is 49.7 Å². The Morgan fingerprint density at radius 3 is 3.06 bits per heavy atom. The quantitative estimate of drug-likeness (QED) is 0.810. The van der Waals surface area contributed by atoms with Gasteiger partial charge in [-0.2, -0.15) is 0 Å². The van der Waals surface area contributed by atoms with Crippen molar-refractivity contribution in [3.8, 4) is 0 Å². The Balaban J connectivity index is 2.15. The number of unbranched alkanes of at least 4 members (excludes halogenated alkanes) is 1. The van der Waals surface area contributed by atoms with Crippen molar-refractivity contribution >= 4 is 11.7 Å². The van der Waals surface area contributed by atoms with Gasteiger partial charge in [0.1, 0.15) is 0 Å². The summed E-state index contributed by atoms with van der Waals surface area (Å²) in [5.74, 6) is -0.539. The van der Waals surface area contributed by atoms with Crippen molar-refractivity contribution in [2.45, 2.75) is 44.9 Å². The van der Waals surface area contributed by atoms with Gasteiger partial charge in [-0.3, -0.25) is 4.79 Å². The Kier molecular flexibility index (Phi) is 4.24. The van der Waals surface area contributed by atoms with E-state index in [1.807, 2.05) is 0 Å². The third-order valence-corrected chi connectivity index (χ3v) is 3.64. The van der Waals surface area contributed by atoms with Crippen LogP contribution >= 0.6 is 0 Å². The van der Waals surface area contributed by atoms with Gasteiger partial charge in [-0.05, 0) is 36.0 Å². The van der Waals surface area contributed by atoms with Crippen molar-refractivity contribution < 1.29 is 9.90 Å². The van der Waals surface area contributed by atoms with Crippen LogP contribution in [0.4, 0.5) is 5.69 Å². The van der Waals surface area contributed by atoms with Gasteiger partial charge in [0.2, 0.25) is 0 Å². The molecule has 18 heavy (non-hydrogen) atoms. The predicted molar refractivity (Wildman–Crippen MR) is 73.2 cm³/mol. The molecule has 1 aromatic rings. The van der Waals surface area contributed by atoms with E-state index in [-0.39, 0.29) is 12.3 Å². The predicted octanol–water partition coefficient (Wildman–Crippen LogP) is 3.40. The van der Waals surface area contributed by atoms with E-state index in [1.54, 1.807) is 0 Å². The number of carboxylic acid groups (broad SMARTS) is 1. The smallest absolute Gasteiger partial charge is 0.303 e. The highest BCUT2D eigenvalue weighted by Crippen LogP contribution is 2.31. The number of rotatable bonds is 6. The topological polar surface area (TPSA) is 49.3 Å². The summed E-state index contributed by atoms with van der Waals surface area (Å²) in [6.45, 7) is 3.14. The number of nitrogens with one attached hydrogen (secondary N) is 1. The highest BCUT2D eigenvalue weighted by atomic mass is 16.4. The summed E-state index contributed by atoms with van der Waals surface area (Å²) in [6.07, 6.45) is 4.47. The molecular formula is C15H21NO2. The number of carbonyl (C=O) groups is 1. The van der Waals surface area contributed by atoms with Gasteiger partial charge in [0.15, 0.2) is 0 Å². The maximum Gasteiger partial charge on any atom is 0.303 e. The fraction of sp³-hybridized carbons (Fsp3) is 0.533. The van der Waals surface area contributed by atoms with E-state index in [4.69, 9.17) is 5.11 Å². The van der Waals surface area contributed by atoms with Gasteiger partial charge in [0.25, 0.3) is 0 Å².